The van der Waals surface area contributed by atoms with Crippen LogP contribution in [0.2, 0.25) is 0 Å². The summed E-state index contributed by atoms with van der Waals surface area (Å²) in [5.41, 5.74) is 3.19. The third kappa shape index (κ3) is 5.59. The molecule has 1 saturated heterocycles. The van der Waals surface area contributed by atoms with Crippen LogP contribution >= 0.6 is 0 Å². The molecule has 1 fully saturated rings. The van der Waals surface area contributed by atoms with Crippen LogP contribution in [0.5, 0.6) is 11.5 Å². The summed E-state index contributed by atoms with van der Waals surface area (Å²) in [7, 11) is 0. The van der Waals surface area contributed by atoms with Crippen molar-refractivity contribution >= 4 is 23.3 Å². The number of esters is 1. The Hall–Kier alpha value is -4.71. The van der Waals surface area contributed by atoms with Crippen LogP contribution in [0.15, 0.2) is 109 Å². The maximum absolute atomic E-state index is 12.6. The first kappa shape index (κ1) is 24.0. The normalized spacial score (nSPS) is 14.9. The second kappa shape index (κ2) is 10.9. The monoisotopic (exact) mass is 491 g/mol. The molecule has 0 aromatic heterocycles. The Kier molecular flexibility index (Phi) is 7.08. The van der Waals surface area contributed by atoms with Gasteiger partial charge in [-0.25, -0.2) is 0 Å². The van der Waals surface area contributed by atoms with Crippen molar-refractivity contribution in [1.29, 1.82) is 0 Å². The van der Waals surface area contributed by atoms with Gasteiger partial charge in [0.2, 0.25) is 5.91 Å². The van der Waals surface area contributed by atoms with E-state index in [2.05, 4.69) is 0 Å². The average Bonchev–Trinajstić information content (AvgIpc) is 3.35. The van der Waals surface area contributed by atoms with Gasteiger partial charge in [-0.05, 0) is 35.9 Å². The highest BCUT2D eigenvalue weighted by Crippen LogP contribution is 2.34. The number of Topliss-reactive ketones (excluding diaryl/α,β-unsaturated/α-hetero) is 1. The van der Waals surface area contributed by atoms with E-state index in [1.54, 1.807) is 53.4 Å². The molecule has 0 radical (unpaired) electrons. The smallest absolute Gasteiger partial charge is 0.311 e. The molecule has 0 spiro atoms. The van der Waals surface area contributed by atoms with Gasteiger partial charge in [0, 0.05) is 29.8 Å². The molecular formula is C31H25NO5. The van der Waals surface area contributed by atoms with Crippen molar-refractivity contribution in [3.63, 3.8) is 0 Å². The van der Waals surface area contributed by atoms with Crippen LogP contribution in [0.4, 0.5) is 5.69 Å². The Morgan fingerprint density at radius 1 is 0.784 bits per heavy atom. The molecule has 1 aliphatic rings. The standard InChI is InChI=1S/C31H25NO5/c33-28(23-11-5-2-6-12-23)21-36-31(35)24-19-30(34)32(20-24)25-15-17-26(18-16-25)37-29-14-8-7-13-27(29)22-9-3-1-4-10-22/h1-18,24H,19-21H2/t24-/m1/s1. The Labute approximate surface area is 215 Å². The number of ketones is 1. The van der Waals surface area contributed by atoms with E-state index in [0.717, 1.165) is 16.9 Å². The summed E-state index contributed by atoms with van der Waals surface area (Å²) in [4.78, 5) is 39.0. The number of carbonyl (C=O) groups excluding carboxylic acids is 3. The predicted octanol–water partition coefficient (Wildman–Crippen LogP) is 5.92. The number of anilines is 1. The number of hydrogen-bond acceptors (Lipinski definition) is 5. The van der Waals surface area contributed by atoms with Gasteiger partial charge in [0.05, 0.1) is 5.92 Å². The molecule has 6 nitrogen and oxygen atoms in total. The minimum atomic E-state index is -0.621. The Morgan fingerprint density at radius 2 is 1.43 bits per heavy atom. The maximum atomic E-state index is 12.6. The van der Waals surface area contributed by atoms with Crippen molar-refractivity contribution in [2.24, 2.45) is 5.92 Å². The lowest BCUT2D eigenvalue weighted by Gasteiger charge is -2.17. The number of carbonyl (C=O) groups is 3. The van der Waals surface area contributed by atoms with E-state index < -0.39 is 11.9 Å². The minimum Gasteiger partial charge on any atom is -0.457 e. The number of rotatable bonds is 8. The topological polar surface area (TPSA) is 72.9 Å². The van der Waals surface area contributed by atoms with E-state index >= 15 is 0 Å². The highest BCUT2D eigenvalue weighted by molar-refractivity contribution is 6.01. The molecule has 37 heavy (non-hydrogen) atoms. The van der Waals surface area contributed by atoms with Crippen molar-refractivity contribution in [1.82, 2.24) is 0 Å². The Balaban J connectivity index is 1.21. The fourth-order valence-electron chi connectivity index (χ4n) is 4.31. The number of para-hydroxylation sites is 1. The molecule has 4 aromatic rings. The summed E-state index contributed by atoms with van der Waals surface area (Å²) in [6, 6.07) is 33.7. The van der Waals surface area contributed by atoms with E-state index in [-0.39, 0.29) is 31.3 Å². The number of ether oxygens (including phenoxy) is 2. The van der Waals surface area contributed by atoms with Crippen LogP contribution < -0.4 is 9.64 Å². The van der Waals surface area contributed by atoms with E-state index in [1.807, 2.05) is 60.7 Å². The van der Waals surface area contributed by atoms with Crippen LogP contribution in [-0.2, 0) is 14.3 Å². The molecular weight excluding hydrogens is 466 g/mol. The van der Waals surface area contributed by atoms with Gasteiger partial charge in [0.15, 0.2) is 12.4 Å². The second-order valence-electron chi connectivity index (χ2n) is 8.76. The summed E-state index contributed by atoms with van der Waals surface area (Å²) in [5.74, 6) is -0.248. The summed E-state index contributed by atoms with van der Waals surface area (Å²) >= 11 is 0. The Morgan fingerprint density at radius 3 is 2.16 bits per heavy atom. The molecule has 0 N–H and O–H groups in total. The quantitative estimate of drug-likeness (QED) is 0.226. The van der Waals surface area contributed by atoms with Gasteiger partial charge in [0.25, 0.3) is 0 Å². The SMILES string of the molecule is O=C(COC(=O)[C@@H]1CC(=O)N(c2ccc(Oc3ccccc3-c3ccccc3)cc2)C1)c1ccccc1. The lowest BCUT2D eigenvalue weighted by atomic mass is 10.0. The highest BCUT2D eigenvalue weighted by Gasteiger charge is 2.36. The molecule has 1 aliphatic heterocycles. The summed E-state index contributed by atoms with van der Waals surface area (Å²) < 4.78 is 11.4. The first-order valence-electron chi connectivity index (χ1n) is 12.1. The molecule has 0 aliphatic carbocycles. The van der Waals surface area contributed by atoms with Crippen molar-refractivity contribution in [2.45, 2.75) is 6.42 Å². The summed E-state index contributed by atoms with van der Waals surface area (Å²) in [6.45, 7) is -0.141. The van der Waals surface area contributed by atoms with Gasteiger partial charge >= 0.3 is 5.97 Å². The zero-order valence-corrected chi connectivity index (χ0v) is 20.1. The largest absolute Gasteiger partial charge is 0.457 e. The number of benzene rings is 4. The molecule has 1 amide bonds. The second-order valence-corrected chi connectivity index (χ2v) is 8.76. The van der Waals surface area contributed by atoms with E-state index in [4.69, 9.17) is 9.47 Å². The third-order valence-corrected chi connectivity index (χ3v) is 6.25. The number of nitrogens with zero attached hydrogens (tertiary/aromatic N) is 1. The summed E-state index contributed by atoms with van der Waals surface area (Å²) in [5, 5.41) is 0. The van der Waals surface area contributed by atoms with E-state index in [0.29, 0.717) is 17.0 Å². The fraction of sp³-hybridized carbons (Fsp3) is 0.129. The van der Waals surface area contributed by atoms with Crippen LogP contribution in [0.1, 0.15) is 16.8 Å². The van der Waals surface area contributed by atoms with Crippen LogP contribution in [0.3, 0.4) is 0 Å². The average molecular weight is 492 g/mol. The number of hydrogen-bond donors (Lipinski definition) is 0. The van der Waals surface area contributed by atoms with Gasteiger partial charge in [-0.1, -0.05) is 78.9 Å². The number of amides is 1. The van der Waals surface area contributed by atoms with Crippen molar-refractivity contribution in [3.8, 4) is 22.6 Å². The highest BCUT2D eigenvalue weighted by atomic mass is 16.5. The molecule has 0 unspecified atom stereocenters. The van der Waals surface area contributed by atoms with Gasteiger partial charge in [-0.15, -0.1) is 0 Å². The molecule has 184 valence electrons. The van der Waals surface area contributed by atoms with Gasteiger partial charge < -0.3 is 14.4 Å². The van der Waals surface area contributed by atoms with Gasteiger partial charge in [0.1, 0.15) is 11.5 Å². The van der Waals surface area contributed by atoms with Crippen LogP contribution in [0.25, 0.3) is 11.1 Å². The van der Waals surface area contributed by atoms with Crippen molar-refractivity contribution in [3.05, 3.63) is 115 Å². The molecule has 0 bridgehead atoms. The third-order valence-electron chi connectivity index (χ3n) is 6.25. The first-order chi connectivity index (χ1) is 18.1. The minimum absolute atomic E-state index is 0.0427. The molecule has 1 atom stereocenters. The molecule has 1 heterocycles. The van der Waals surface area contributed by atoms with Crippen LogP contribution in [-0.4, -0.2) is 30.8 Å². The summed E-state index contributed by atoms with van der Waals surface area (Å²) in [6.07, 6.45) is 0.0427. The fourth-order valence-corrected chi connectivity index (χ4v) is 4.31. The Bertz CT molecular complexity index is 1400. The lowest BCUT2D eigenvalue weighted by Crippen LogP contribution is -2.27. The van der Waals surface area contributed by atoms with E-state index in [9.17, 15) is 14.4 Å². The van der Waals surface area contributed by atoms with Crippen LogP contribution in [0, 0.1) is 5.92 Å². The molecule has 5 rings (SSSR count). The van der Waals surface area contributed by atoms with Crippen molar-refractivity contribution < 1.29 is 23.9 Å². The molecule has 4 aromatic carbocycles. The zero-order valence-electron chi connectivity index (χ0n) is 20.1. The van der Waals surface area contributed by atoms with Gasteiger partial charge in [-0.3, -0.25) is 14.4 Å². The molecule has 6 heteroatoms. The van der Waals surface area contributed by atoms with Gasteiger partial charge in [-0.2, -0.15) is 0 Å². The van der Waals surface area contributed by atoms with Crippen molar-refractivity contribution in [2.75, 3.05) is 18.1 Å². The molecule has 0 saturated carbocycles. The lowest BCUT2D eigenvalue weighted by molar-refractivity contribution is -0.147. The van der Waals surface area contributed by atoms with E-state index in [1.165, 1.54) is 0 Å². The first-order valence-corrected chi connectivity index (χ1v) is 12.1. The maximum Gasteiger partial charge on any atom is 0.311 e. The predicted molar refractivity (Wildman–Crippen MR) is 141 cm³/mol. The zero-order chi connectivity index (χ0) is 25.6.